The van der Waals surface area contributed by atoms with Crippen molar-refractivity contribution < 1.29 is 19.1 Å². The van der Waals surface area contributed by atoms with Crippen LogP contribution in [0.2, 0.25) is 0 Å². The molecule has 0 aromatic heterocycles. The Bertz CT molecular complexity index is 518. The Balaban J connectivity index is 1.78. The molecule has 0 aliphatic carbocycles. The van der Waals surface area contributed by atoms with Crippen LogP contribution in [0, 0.1) is 0 Å². The summed E-state index contributed by atoms with van der Waals surface area (Å²) in [7, 11) is 0. The Morgan fingerprint density at radius 3 is 2.85 bits per heavy atom. The highest BCUT2D eigenvalue weighted by Crippen LogP contribution is 2.32. The van der Waals surface area contributed by atoms with Gasteiger partial charge in [0.25, 0.3) is 0 Å². The molecular formula is C13H17N3O4. The van der Waals surface area contributed by atoms with E-state index in [-0.39, 0.29) is 12.7 Å². The fraction of sp³-hybridized carbons (Fsp3) is 0.385. The molecule has 0 saturated carbocycles. The van der Waals surface area contributed by atoms with E-state index in [4.69, 9.17) is 15.2 Å². The van der Waals surface area contributed by atoms with Crippen molar-refractivity contribution >= 4 is 11.9 Å². The number of carbonyl (C=O) groups is 2. The molecule has 1 aliphatic rings. The zero-order chi connectivity index (χ0) is 14.5. The Morgan fingerprint density at radius 1 is 1.35 bits per heavy atom. The van der Waals surface area contributed by atoms with Gasteiger partial charge in [0.2, 0.25) is 12.7 Å². The monoisotopic (exact) mass is 279 g/mol. The molecule has 7 heteroatoms. The lowest BCUT2D eigenvalue weighted by molar-refractivity contribution is -0.122. The van der Waals surface area contributed by atoms with Crippen molar-refractivity contribution in [2.24, 2.45) is 5.73 Å². The quantitative estimate of drug-likeness (QED) is 0.713. The molecule has 0 fully saturated rings. The highest BCUT2D eigenvalue weighted by Gasteiger charge is 2.15. The highest BCUT2D eigenvalue weighted by molar-refractivity contribution is 5.86. The first-order valence-electron chi connectivity index (χ1n) is 6.28. The molecule has 1 aliphatic heterocycles. The number of benzene rings is 1. The number of carbonyl (C=O) groups excluding carboxylic acids is 2. The average Bonchev–Trinajstić information content (AvgIpc) is 2.85. The maximum absolute atomic E-state index is 11.6. The van der Waals surface area contributed by atoms with E-state index in [0.29, 0.717) is 13.0 Å². The lowest BCUT2D eigenvalue weighted by Gasteiger charge is -2.12. The van der Waals surface area contributed by atoms with Gasteiger partial charge in [0, 0.05) is 6.54 Å². The largest absolute Gasteiger partial charge is 0.454 e. The number of nitrogens with one attached hydrogen (secondary N) is 2. The molecule has 0 saturated heterocycles. The third kappa shape index (κ3) is 3.53. The van der Waals surface area contributed by atoms with Crippen LogP contribution in [-0.2, 0) is 11.2 Å². The molecule has 1 heterocycles. The van der Waals surface area contributed by atoms with Crippen LogP contribution >= 0.6 is 0 Å². The van der Waals surface area contributed by atoms with Crippen molar-refractivity contribution in [3.8, 4) is 11.5 Å². The standard InChI is InChI=1S/C13H17N3O4/c1-8(16-13(14)18)12(17)15-5-4-9-2-3-10-11(6-9)20-7-19-10/h2-3,6,8H,4-5,7H2,1H3,(H,15,17)(H3,14,16,18). The number of hydrogen-bond donors (Lipinski definition) is 3. The van der Waals surface area contributed by atoms with Crippen molar-refractivity contribution in [3.05, 3.63) is 23.8 Å². The van der Waals surface area contributed by atoms with Gasteiger partial charge in [-0.15, -0.1) is 0 Å². The summed E-state index contributed by atoms with van der Waals surface area (Å²) in [5.74, 6) is 1.18. The number of primary amides is 1. The number of urea groups is 1. The summed E-state index contributed by atoms with van der Waals surface area (Å²) >= 11 is 0. The van der Waals surface area contributed by atoms with Crippen molar-refractivity contribution in [2.45, 2.75) is 19.4 Å². The minimum Gasteiger partial charge on any atom is -0.454 e. The third-order valence-electron chi connectivity index (χ3n) is 2.90. The first-order chi connectivity index (χ1) is 9.56. The molecule has 1 aromatic carbocycles. The van der Waals surface area contributed by atoms with Gasteiger partial charge >= 0.3 is 6.03 Å². The third-order valence-corrected chi connectivity index (χ3v) is 2.90. The summed E-state index contributed by atoms with van der Waals surface area (Å²) < 4.78 is 10.5. The van der Waals surface area contributed by atoms with Crippen LogP contribution in [0.15, 0.2) is 18.2 Å². The molecule has 1 atom stereocenters. The summed E-state index contributed by atoms with van der Waals surface area (Å²) in [6.07, 6.45) is 0.658. The number of hydrogen-bond acceptors (Lipinski definition) is 4. The van der Waals surface area contributed by atoms with Crippen LogP contribution in [0.4, 0.5) is 4.79 Å². The predicted molar refractivity (Wildman–Crippen MR) is 71.5 cm³/mol. The first-order valence-corrected chi connectivity index (χ1v) is 6.28. The van der Waals surface area contributed by atoms with Gasteiger partial charge in [-0.2, -0.15) is 0 Å². The van der Waals surface area contributed by atoms with Gasteiger partial charge < -0.3 is 25.8 Å². The Kier molecular flexibility index (Phi) is 4.29. The Morgan fingerprint density at radius 2 is 2.10 bits per heavy atom. The van der Waals surface area contributed by atoms with Crippen molar-refractivity contribution in [1.82, 2.24) is 10.6 Å². The number of ether oxygens (including phenoxy) is 2. The zero-order valence-electron chi connectivity index (χ0n) is 11.1. The van der Waals surface area contributed by atoms with Crippen LogP contribution < -0.4 is 25.8 Å². The van der Waals surface area contributed by atoms with Gasteiger partial charge in [-0.05, 0) is 31.0 Å². The molecule has 7 nitrogen and oxygen atoms in total. The molecule has 1 aromatic rings. The number of rotatable bonds is 5. The zero-order valence-corrected chi connectivity index (χ0v) is 11.1. The van der Waals surface area contributed by atoms with Gasteiger partial charge in [0.15, 0.2) is 11.5 Å². The van der Waals surface area contributed by atoms with E-state index in [2.05, 4.69) is 10.6 Å². The highest BCUT2D eigenvalue weighted by atomic mass is 16.7. The smallest absolute Gasteiger partial charge is 0.312 e. The van der Waals surface area contributed by atoms with Gasteiger partial charge in [-0.1, -0.05) is 6.07 Å². The van der Waals surface area contributed by atoms with E-state index < -0.39 is 12.1 Å². The summed E-state index contributed by atoms with van der Waals surface area (Å²) in [5, 5.41) is 5.04. The molecular weight excluding hydrogens is 262 g/mol. The van der Waals surface area contributed by atoms with E-state index in [1.54, 1.807) is 6.92 Å². The first kappa shape index (κ1) is 14.0. The molecule has 0 radical (unpaired) electrons. The van der Waals surface area contributed by atoms with Crippen LogP contribution in [0.5, 0.6) is 11.5 Å². The second-order valence-electron chi connectivity index (χ2n) is 4.46. The Labute approximate surface area is 116 Å². The predicted octanol–water partition coefficient (Wildman–Crippen LogP) is 0.131. The molecule has 108 valence electrons. The summed E-state index contributed by atoms with van der Waals surface area (Å²) in [6, 6.07) is 4.29. The van der Waals surface area contributed by atoms with Crippen LogP contribution in [0.1, 0.15) is 12.5 Å². The molecule has 0 bridgehead atoms. The van der Waals surface area contributed by atoms with E-state index in [9.17, 15) is 9.59 Å². The minimum absolute atomic E-state index is 0.242. The number of fused-ring (bicyclic) bond motifs is 1. The average molecular weight is 279 g/mol. The molecule has 2 rings (SSSR count). The van der Waals surface area contributed by atoms with E-state index in [0.717, 1.165) is 17.1 Å². The second-order valence-corrected chi connectivity index (χ2v) is 4.46. The maximum atomic E-state index is 11.6. The Hall–Kier alpha value is -2.44. The summed E-state index contributed by atoms with van der Waals surface area (Å²) in [4.78, 5) is 22.3. The van der Waals surface area contributed by atoms with Crippen LogP contribution in [0.25, 0.3) is 0 Å². The van der Waals surface area contributed by atoms with E-state index in [1.165, 1.54) is 0 Å². The lowest BCUT2D eigenvalue weighted by Crippen LogP contribution is -2.47. The fourth-order valence-electron chi connectivity index (χ4n) is 1.86. The number of amides is 3. The SMILES string of the molecule is CC(NC(N)=O)C(=O)NCCc1ccc2c(c1)OCO2. The van der Waals surface area contributed by atoms with Crippen LogP contribution in [0.3, 0.4) is 0 Å². The normalized spacial score (nSPS) is 13.7. The van der Waals surface area contributed by atoms with Crippen molar-refractivity contribution in [2.75, 3.05) is 13.3 Å². The van der Waals surface area contributed by atoms with Gasteiger partial charge in [-0.3, -0.25) is 4.79 Å². The van der Waals surface area contributed by atoms with E-state index >= 15 is 0 Å². The fourth-order valence-corrected chi connectivity index (χ4v) is 1.86. The second kappa shape index (κ2) is 6.14. The molecule has 0 spiro atoms. The maximum Gasteiger partial charge on any atom is 0.312 e. The molecule has 20 heavy (non-hydrogen) atoms. The lowest BCUT2D eigenvalue weighted by atomic mass is 10.1. The topological polar surface area (TPSA) is 103 Å². The van der Waals surface area contributed by atoms with Gasteiger partial charge in [0.05, 0.1) is 0 Å². The molecule has 4 N–H and O–H groups in total. The summed E-state index contributed by atoms with van der Waals surface area (Å²) in [6.45, 7) is 2.27. The van der Waals surface area contributed by atoms with E-state index in [1.807, 2.05) is 18.2 Å². The summed E-state index contributed by atoms with van der Waals surface area (Å²) in [5.41, 5.74) is 5.98. The molecule has 3 amide bonds. The van der Waals surface area contributed by atoms with Crippen molar-refractivity contribution in [3.63, 3.8) is 0 Å². The van der Waals surface area contributed by atoms with Gasteiger partial charge in [-0.25, -0.2) is 4.79 Å². The van der Waals surface area contributed by atoms with Crippen molar-refractivity contribution in [1.29, 1.82) is 0 Å². The molecule has 1 unspecified atom stereocenters. The van der Waals surface area contributed by atoms with Gasteiger partial charge in [0.1, 0.15) is 6.04 Å². The van der Waals surface area contributed by atoms with Crippen LogP contribution in [-0.4, -0.2) is 31.3 Å². The number of nitrogens with two attached hydrogens (primary N) is 1. The minimum atomic E-state index is -0.719.